The number of hydrogen-bond donors (Lipinski definition) is 2. The van der Waals surface area contributed by atoms with Crippen LogP contribution in [0.4, 0.5) is 0 Å². The molecule has 0 fully saturated rings. The largest absolute Gasteiger partial charge is 0.478 e. The average molecular weight is 277 g/mol. The molecular weight excluding hydrogens is 262 g/mol. The van der Waals surface area contributed by atoms with Crippen LogP contribution in [0.15, 0.2) is 27.8 Å². The second kappa shape index (κ2) is 5.30. The number of aromatic amines is 1. The summed E-state index contributed by atoms with van der Waals surface area (Å²) in [4.78, 5) is 39.4. The van der Waals surface area contributed by atoms with E-state index in [9.17, 15) is 14.4 Å². The summed E-state index contributed by atoms with van der Waals surface area (Å²) >= 11 is 0. The molecule has 0 saturated heterocycles. The number of aromatic carboxylic acids is 1. The van der Waals surface area contributed by atoms with Gasteiger partial charge in [0.2, 0.25) is 0 Å². The van der Waals surface area contributed by atoms with E-state index in [-0.39, 0.29) is 17.6 Å². The minimum Gasteiger partial charge on any atom is -0.478 e. The van der Waals surface area contributed by atoms with Crippen LogP contribution in [-0.4, -0.2) is 46.2 Å². The Morgan fingerprint density at radius 3 is 2.65 bits per heavy atom. The first kappa shape index (κ1) is 14.0. The molecule has 0 spiro atoms. The Morgan fingerprint density at radius 1 is 1.35 bits per heavy atom. The summed E-state index contributed by atoms with van der Waals surface area (Å²) in [5, 5.41) is 9.20. The molecule has 0 unspecified atom stereocenters. The van der Waals surface area contributed by atoms with E-state index >= 15 is 0 Å². The normalized spacial score (nSPS) is 11.2. The van der Waals surface area contributed by atoms with E-state index in [1.807, 2.05) is 19.0 Å². The van der Waals surface area contributed by atoms with Crippen LogP contribution < -0.4 is 11.2 Å². The number of likely N-dealkylation sites (N-methyl/N-ethyl adjacent to an activating group) is 1. The molecule has 1 heterocycles. The molecule has 0 saturated carbocycles. The van der Waals surface area contributed by atoms with Crippen molar-refractivity contribution in [2.24, 2.45) is 0 Å². The lowest BCUT2D eigenvalue weighted by atomic mass is 10.1. The molecule has 0 aliphatic heterocycles. The van der Waals surface area contributed by atoms with Gasteiger partial charge in [0, 0.05) is 13.1 Å². The van der Waals surface area contributed by atoms with Gasteiger partial charge in [0.1, 0.15) is 0 Å². The number of H-pyrrole nitrogens is 1. The third-order valence-electron chi connectivity index (χ3n) is 3.00. The third kappa shape index (κ3) is 2.62. The van der Waals surface area contributed by atoms with Gasteiger partial charge in [-0.25, -0.2) is 9.59 Å². The molecule has 0 aliphatic carbocycles. The van der Waals surface area contributed by atoms with Crippen molar-refractivity contribution >= 4 is 16.9 Å². The number of carboxylic acids is 1. The van der Waals surface area contributed by atoms with E-state index in [2.05, 4.69) is 4.98 Å². The Morgan fingerprint density at radius 2 is 2.05 bits per heavy atom. The minimum absolute atomic E-state index is 0.0265. The molecule has 2 rings (SSSR count). The molecule has 20 heavy (non-hydrogen) atoms. The molecule has 7 heteroatoms. The van der Waals surface area contributed by atoms with Crippen LogP contribution in [0.25, 0.3) is 10.9 Å². The van der Waals surface area contributed by atoms with Crippen molar-refractivity contribution < 1.29 is 9.90 Å². The van der Waals surface area contributed by atoms with Gasteiger partial charge in [0.05, 0.1) is 16.5 Å². The van der Waals surface area contributed by atoms with Gasteiger partial charge in [-0.2, -0.15) is 0 Å². The number of carboxylic acid groups (broad SMARTS) is 1. The number of nitrogens with one attached hydrogen (secondary N) is 1. The number of aromatic nitrogens is 2. The standard InChI is InChI=1S/C13H15N3O4/c1-15(2)5-6-16-11(17)9-4-3-8(12(18)19)7-10(9)14-13(16)20/h3-4,7H,5-6H2,1-2H3,(H,14,20)(H,18,19). The number of hydrogen-bond acceptors (Lipinski definition) is 4. The fraction of sp³-hybridized carbons (Fsp3) is 0.308. The number of benzene rings is 1. The monoisotopic (exact) mass is 277 g/mol. The van der Waals surface area contributed by atoms with Crippen LogP contribution in [0.3, 0.4) is 0 Å². The van der Waals surface area contributed by atoms with E-state index in [0.29, 0.717) is 11.9 Å². The van der Waals surface area contributed by atoms with Crippen molar-refractivity contribution in [3.8, 4) is 0 Å². The lowest BCUT2D eigenvalue weighted by molar-refractivity contribution is 0.0697. The van der Waals surface area contributed by atoms with Crippen LogP contribution in [0.2, 0.25) is 0 Å². The zero-order valence-electron chi connectivity index (χ0n) is 11.2. The molecule has 0 aliphatic rings. The van der Waals surface area contributed by atoms with E-state index in [0.717, 1.165) is 4.57 Å². The first-order valence-corrected chi connectivity index (χ1v) is 6.05. The highest BCUT2D eigenvalue weighted by Crippen LogP contribution is 2.09. The van der Waals surface area contributed by atoms with E-state index in [1.54, 1.807) is 0 Å². The predicted octanol–water partition coefficient (Wildman–Crippen LogP) is -0.0504. The van der Waals surface area contributed by atoms with Crippen LogP contribution in [0.5, 0.6) is 0 Å². The fourth-order valence-electron chi connectivity index (χ4n) is 1.89. The van der Waals surface area contributed by atoms with Gasteiger partial charge >= 0.3 is 11.7 Å². The second-order valence-electron chi connectivity index (χ2n) is 4.76. The van der Waals surface area contributed by atoms with Gasteiger partial charge in [-0.15, -0.1) is 0 Å². The molecule has 0 bridgehead atoms. The summed E-state index contributed by atoms with van der Waals surface area (Å²) in [6.07, 6.45) is 0. The Kier molecular flexibility index (Phi) is 3.71. The lowest BCUT2D eigenvalue weighted by Crippen LogP contribution is -2.37. The summed E-state index contributed by atoms with van der Waals surface area (Å²) in [5.41, 5.74) is -0.686. The highest BCUT2D eigenvalue weighted by atomic mass is 16.4. The van der Waals surface area contributed by atoms with Gasteiger partial charge in [0.25, 0.3) is 5.56 Å². The van der Waals surface area contributed by atoms with Gasteiger partial charge in [-0.05, 0) is 32.3 Å². The highest BCUT2D eigenvalue weighted by Gasteiger charge is 2.10. The van der Waals surface area contributed by atoms with Crippen molar-refractivity contribution in [2.75, 3.05) is 20.6 Å². The smallest absolute Gasteiger partial charge is 0.335 e. The maximum absolute atomic E-state index is 12.2. The zero-order valence-corrected chi connectivity index (χ0v) is 11.2. The molecule has 0 radical (unpaired) electrons. The molecule has 7 nitrogen and oxygen atoms in total. The van der Waals surface area contributed by atoms with Gasteiger partial charge in [-0.1, -0.05) is 0 Å². The topological polar surface area (TPSA) is 95.4 Å². The van der Waals surface area contributed by atoms with Gasteiger partial charge in [-0.3, -0.25) is 9.36 Å². The summed E-state index contributed by atoms with van der Waals surface area (Å²) < 4.78 is 1.11. The third-order valence-corrected chi connectivity index (χ3v) is 3.00. The summed E-state index contributed by atoms with van der Waals surface area (Å²) in [6, 6.07) is 4.06. The number of rotatable bonds is 4. The van der Waals surface area contributed by atoms with Crippen molar-refractivity contribution in [1.82, 2.24) is 14.5 Å². The van der Waals surface area contributed by atoms with Gasteiger partial charge in [0.15, 0.2) is 0 Å². The summed E-state index contributed by atoms with van der Waals surface area (Å²) in [5.74, 6) is -1.11. The van der Waals surface area contributed by atoms with Crippen LogP contribution in [0, 0.1) is 0 Å². The van der Waals surface area contributed by atoms with Crippen molar-refractivity contribution in [2.45, 2.75) is 6.54 Å². The maximum Gasteiger partial charge on any atom is 0.335 e. The molecule has 1 aromatic heterocycles. The molecule has 106 valence electrons. The average Bonchev–Trinajstić information content (AvgIpc) is 2.37. The Balaban J connectivity index is 2.59. The lowest BCUT2D eigenvalue weighted by Gasteiger charge is -2.11. The molecule has 2 aromatic rings. The summed E-state index contributed by atoms with van der Waals surface area (Å²) in [7, 11) is 3.69. The van der Waals surface area contributed by atoms with Crippen molar-refractivity contribution in [1.29, 1.82) is 0 Å². The molecule has 1 aromatic carbocycles. The molecule has 0 amide bonds. The van der Waals surface area contributed by atoms with E-state index in [1.165, 1.54) is 18.2 Å². The Hall–Kier alpha value is -2.41. The number of fused-ring (bicyclic) bond motifs is 1. The van der Waals surface area contributed by atoms with E-state index < -0.39 is 17.2 Å². The van der Waals surface area contributed by atoms with Crippen LogP contribution in [0.1, 0.15) is 10.4 Å². The van der Waals surface area contributed by atoms with Crippen LogP contribution >= 0.6 is 0 Å². The van der Waals surface area contributed by atoms with Crippen molar-refractivity contribution in [3.05, 3.63) is 44.6 Å². The quantitative estimate of drug-likeness (QED) is 0.817. The van der Waals surface area contributed by atoms with Gasteiger partial charge < -0.3 is 15.0 Å². The Bertz CT molecular complexity index is 773. The molecular formula is C13H15N3O4. The first-order chi connectivity index (χ1) is 9.40. The maximum atomic E-state index is 12.2. The zero-order chi connectivity index (χ0) is 14.9. The Labute approximate surface area is 114 Å². The molecule has 0 atom stereocenters. The molecule has 2 N–H and O–H groups in total. The van der Waals surface area contributed by atoms with E-state index in [4.69, 9.17) is 5.11 Å². The van der Waals surface area contributed by atoms with Crippen molar-refractivity contribution in [3.63, 3.8) is 0 Å². The second-order valence-corrected chi connectivity index (χ2v) is 4.76. The summed E-state index contributed by atoms with van der Waals surface area (Å²) in [6.45, 7) is 0.833. The number of carbonyl (C=O) groups is 1. The first-order valence-electron chi connectivity index (χ1n) is 6.05. The minimum atomic E-state index is -1.11. The van der Waals surface area contributed by atoms with Crippen LogP contribution in [-0.2, 0) is 6.54 Å². The highest BCUT2D eigenvalue weighted by molar-refractivity contribution is 5.92. The SMILES string of the molecule is CN(C)CCn1c(=O)[nH]c2cc(C(=O)O)ccc2c1=O. The fourth-order valence-corrected chi connectivity index (χ4v) is 1.89. The predicted molar refractivity (Wildman–Crippen MR) is 74.3 cm³/mol. The number of nitrogens with zero attached hydrogens (tertiary/aromatic N) is 2.